The van der Waals surface area contributed by atoms with E-state index in [1.54, 1.807) is 0 Å². The van der Waals surface area contributed by atoms with Gasteiger partial charge in [0.05, 0.1) is 18.1 Å². The number of hydrogen-bond acceptors (Lipinski definition) is 4. The van der Waals surface area contributed by atoms with Crippen LogP contribution in [0, 0.1) is 0 Å². The summed E-state index contributed by atoms with van der Waals surface area (Å²) in [5.41, 5.74) is 0.737. The van der Waals surface area contributed by atoms with Crippen molar-refractivity contribution in [2.45, 2.75) is 26.2 Å². The molecule has 0 aliphatic carbocycles. The molecule has 1 aliphatic heterocycles. The number of benzene rings is 1. The summed E-state index contributed by atoms with van der Waals surface area (Å²) >= 11 is 1.37. The molecule has 0 spiro atoms. The topological polar surface area (TPSA) is 58.6 Å². The average molecular weight is 336 g/mol. The second-order valence-corrected chi connectivity index (χ2v) is 6.43. The zero-order valence-corrected chi connectivity index (χ0v) is 14.4. The van der Waals surface area contributed by atoms with Crippen molar-refractivity contribution >= 4 is 29.3 Å². The largest absolute Gasteiger partial charge is 0.494 e. The molecule has 1 fully saturated rings. The Labute approximate surface area is 141 Å². The van der Waals surface area contributed by atoms with E-state index in [0.29, 0.717) is 12.4 Å². The van der Waals surface area contributed by atoms with Crippen molar-refractivity contribution in [2.24, 2.45) is 0 Å². The highest BCUT2D eigenvalue weighted by atomic mass is 32.2. The van der Waals surface area contributed by atoms with E-state index in [9.17, 15) is 9.59 Å². The monoisotopic (exact) mass is 336 g/mol. The van der Waals surface area contributed by atoms with Crippen LogP contribution in [0.3, 0.4) is 0 Å². The number of carbonyl (C=O) groups excluding carboxylic acids is 2. The molecule has 2 rings (SSSR count). The number of amides is 2. The molecule has 1 saturated heterocycles. The molecular weight excluding hydrogens is 312 g/mol. The SMILES string of the molecule is CCOc1ccc(NC(=O)CSCC(=O)N2CCCCC2)cc1. The van der Waals surface area contributed by atoms with Crippen molar-refractivity contribution in [1.29, 1.82) is 0 Å². The Balaban J connectivity index is 1.67. The van der Waals surface area contributed by atoms with Gasteiger partial charge in [-0.05, 0) is 50.5 Å². The van der Waals surface area contributed by atoms with Crippen LogP contribution in [0.25, 0.3) is 0 Å². The standard InChI is InChI=1S/C17H24N2O3S/c1-2-22-15-8-6-14(7-9-15)18-16(20)12-23-13-17(21)19-10-4-3-5-11-19/h6-9H,2-5,10-13H2,1H3,(H,18,20). The average Bonchev–Trinajstić information content (AvgIpc) is 2.57. The number of thioether (sulfide) groups is 1. The van der Waals surface area contributed by atoms with Gasteiger partial charge in [0.25, 0.3) is 0 Å². The Morgan fingerprint density at radius 1 is 1.13 bits per heavy atom. The highest BCUT2D eigenvalue weighted by Gasteiger charge is 2.16. The zero-order valence-electron chi connectivity index (χ0n) is 13.5. The Kier molecular flexibility index (Phi) is 7.26. The lowest BCUT2D eigenvalue weighted by Crippen LogP contribution is -2.37. The Morgan fingerprint density at radius 2 is 1.83 bits per heavy atom. The quantitative estimate of drug-likeness (QED) is 0.832. The predicted molar refractivity (Wildman–Crippen MR) is 94.0 cm³/mol. The molecule has 1 aromatic carbocycles. The number of piperidine rings is 1. The van der Waals surface area contributed by atoms with Crippen molar-refractivity contribution in [1.82, 2.24) is 4.90 Å². The van der Waals surface area contributed by atoms with Gasteiger partial charge in [0, 0.05) is 18.8 Å². The van der Waals surface area contributed by atoms with Crippen LogP contribution < -0.4 is 10.1 Å². The van der Waals surface area contributed by atoms with Gasteiger partial charge in [-0.15, -0.1) is 11.8 Å². The highest BCUT2D eigenvalue weighted by molar-refractivity contribution is 8.00. The van der Waals surface area contributed by atoms with Crippen LogP contribution in [-0.2, 0) is 9.59 Å². The summed E-state index contributed by atoms with van der Waals surface area (Å²) in [5, 5.41) is 2.82. The molecule has 6 heteroatoms. The predicted octanol–water partition coefficient (Wildman–Crippen LogP) is 2.77. The summed E-state index contributed by atoms with van der Waals surface area (Å²) in [6.45, 7) is 4.26. The number of ether oxygens (including phenoxy) is 1. The van der Waals surface area contributed by atoms with Gasteiger partial charge in [-0.25, -0.2) is 0 Å². The van der Waals surface area contributed by atoms with Crippen LogP contribution in [-0.4, -0.2) is 47.9 Å². The van der Waals surface area contributed by atoms with Gasteiger partial charge in [0.15, 0.2) is 0 Å². The third kappa shape index (κ3) is 6.14. The minimum absolute atomic E-state index is 0.0920. The van der Waals surface area contributed by atoms with Gasteiger partial charge in [-0.2, -0.15) is 0 Å². The van der Waals surface area contributed by atoms with Gasteiger partial charge in [-0.1, -0.05) is 0 Å². The molecule has 0 unspecified atom stereocenters. The maximum absolute atomic E-state index is 12.0. The lowest BCUT2D eigenvalue weighted by atomic mass is 10.1. The highest BCUT2D eigenvalue weighted by Crippen LogP contribution is 2.16. The first kappa shape index (κ1) is 17.7. The molecule has 126 valence electrons. The van der Waals surface area contributed by atoms with Crippen LogP contribution >= 0.6 is 11.8 Å². The number of anilines is 1. The van der Waals surface area contributed by atoms with E-state index in [1.807, 2.05) is 36.1 Å². The van der Waals surface area contributed by atoms with E-state index in [4.69, 9.17) is 4.74 Å². The third-order valence-corrected chi connectivity index (χ3v) is 4.53. The van der Waals surface area contributed by atoms with Crippen molar-refractivity contribution in [3.05, 3.63) is 24.3 Å². The molecule has 0 saturated carbocycles. The summed E-state index contributed by atoms with van der Waals surface area (Å²) in [5.74, 6) is 1.49. The number of rotatable bonds is 7. The zero-order chi connectivity index (χ0) is 16.5. The van der Waals surface area contributed by atoms with E-state index in [2.05, 4.69) is 5.32 Å². The Hall–Kier alpha value is -1.69. The second-order valence-electron chi connectivity index (χ2n) is 5.44. The molecular formula is C17H24N2O3S. The third-order valence-electron chi connectivity index (χ3n) is 3.62. The van der Waals surface area contributed by atoms with Crippen LogP contribution in [0.15, 0.2) is 24.3 Å². The summed E-state index contributed by atoms with van der Waals surface area (Å²) < 4.78 is 5.36. The minimum atomic E-state index is -0.0920. The van der Waals surface area contributed by atoms with E-state index >= 15 is 0 Å². The van der Waals surface area contributed by atoms with Gasteiger partial charge in [0.1, 0.15) is 5.75 Å². The fraction of sp³-hybridized carbons (Fsp3) is 0.529. The lowest BCUT2D eigenvalue weighted by molar-refractivity contribution is -0.129. The molecule has 2 amide bonds. The number of nitrogens with zero attached hydrogens (tertiary/aromatic N) is 1. The first-order valence-corrected chi connectivity index (χ1v) is 9.22. The molecule has 23 heavy (non-hydrogen) atoms. The minimum Gasteiger partial charge on any atom is -0.494 e. The maximum atomic E-state index is 12.0. The molecule has 1 aromatic rings. The van der Waals surface area contributed by atoms with Crippen LogP contribution in [0.4, 0.5) is 5.69 Å². The normalized spacial score (nSPS) is 14.4. The molecule has 1 heterocycles. The molecule has 1 aliphatic rings. The first-order chi connectivity index (χ1) is 11.2. The maximum Gasteiger partial charge on any atom is 0.234 e. The molecule has 0 radical (unpaired) electrons. The number of nitrogens with one attached hydrogen (secondary N) is 1. The van der Waals surface area contributed by atoms with Crippen molar-refractivity contribution in [2.75, 3.05) is 36.5 Å². The van der Waals surface area contributed by atoms with E-state index in [1.165, 1.54) is 18.2 Å². The smallest absolute Gasteiger partial charge is 0.234 e. The van der Waals surface area contributed by atoms with Gasteiger partial charge < -0.3 is 15.0 Å². The summed E-state index contributed by atoms with van der Waals surface area (Å²) in [6.07, 6.45) is 3.39. The van der Waals surface area contributed by atoms with Crippen molar-refractivity contribution in [3.8, 4) is 5.75 Å². The van der Waals surface area contributed by atoms with Crippen molar-refractivity contribution < 1.29 is 14.3 Å². The summed E-state index contributed by atoms with van der Waals surface area (Å²) in [6, 6.07) is 7.27. The van der Waals surface area contributed by atoms with Crippen LogP contribution in [0.1, 0.15) is 26.2 Å². The van der Waals surface area contributed by atoms with E-state index < -0.39 is 0 Å². The Bertz CT molecular complexity index is 513. The number of likely N-dealkylation sites (tertiary alicyclic amines) is 1. The fourth-order valence-corrected chi connectivity index (χ4v) is 3.18. The van der Waals surface area contributed by atoms with Crippen LogP contribution in [0.2, 0.25) is 0 Å². The van der Waals surface area contributed by atoms with Gasteiger partial charge >= 0.3 is 0 Å². The summed E-state index contributed by atoms with van der Waals surface area (Å²) in [4.78, 5) is 25.8. The first-order valence-electron chi connectivity index (χ1n) is 8.07. The fourth-order valence-electron chi connectivity index (χ4n) is 2.46. The van der Waals surface area contributed by atoms with E-state index in [-0.39, 0.29) is 17.6 Å². The van der Waals surface area contributed by atoms with Gasteiger partial charge in [0.2, 0.25) is 11.8 Å². The lowest BCUT2D eigenvalue weighted by Gasteiger charge is -2.26. The van der Waals surface area contributed by atoms with Crippen LogP contribution in [0.5, 0.6) is 5.75 Å². The molecule has 0 bridgehead atoms. The Morgan fingerprint density at radius 3 is 2.48 bits per heavy atom. The van der Waals surface area contributed by atoms with E-state index in [0.717, 1.165) is 37.4 Å². The van der Waals surface area contributed by atoms with Crippen molar-refractivity contribution in [3.63, 3.8) is 0 Å². The number of carbonyl (C=O) groups is 2. The second kappa shape index (κ2) is 9.45. The summed E-state index contributed by atoms with van der Waals surface area (Å²) in [7, 11) is 0. The number of hydrogen-bond donors (Lipinski definition) is 1. The van der Waals surface area contributed by atoms with Gasteiger partial charge in [-0.3, -0.25) is 9.59 Å². The molecule has 1 N–H and O–H groups in total. The molecule has 0 atom stereocenters. The molecule has 0 aromatic heterocycles. The molecule has 5 nitrogen and oxygen atoms in total.